The van der Waals surface area contributed by atoms with Crippen molar-refractivity contribution >= 4 is 15.8 Å². The summed E-state index contributed by atoms with van der Waals surface area (Å²) in [5.41, 5.74) is 6.59. The van der Waals surface area contributed by atoms with Gasteiger partial charge in [-0.15, -0.1) is 0 Å². The molecule has 0 aliphatic rings. The molecule has 0 aliphatic carbocycles. The van der Waals surface area contributed by atoms with Gasteiger partial charge < -0.3 is 5.73 Å². The third kappa shape index (κ3) is 2.88. The molecule has 0 spiro atoms. The molecule has 2 rings (SSSR count). The van der Waals surface area contributed by atoms with Gasteiger partial charge in [-0.2, -0.15) is 8.42 Å². The molecule has 0 heterocycles. The molecule has 0 aromatic heterocycles. The summed E-state index contributed by atoms with van der Waals surface area (Å²) in [7, 11) is -3.81. The van der Waals surface area contributed by atoms with Crippen LogP contribution in [0, 0.1) is 0 Å². The van der Waals surface area contributed by atoms with Crippen LogP contribution in [0.1, 0.15) is 5.56 Å². The van der Waals surface area contributed by atoms with Crippen LogP contribution in [0.3, 0.4) is 0 Å². The second kappa shape index (κ2) is 5.20. The summed E-state index contributed by atoms with van der Waals surface area (Å²) in [6.45, 7) is -0.00247. The van der Waals surface area contributed by atoms with E-state index in [0.717, 1.165) is 5.56 Å². The lowest BCUT2D eigenvalue weighted by Gasteiger charge is -2.07. The van der Waals surface area contributed by atoms with E-state index >= 15 is 0 Å². The molecule has 0 saturated heterocycles. The molecule has 0 fully saturated rings. The third-order valence-electron chi connectivity index (χ3n) is 2.41. The zero-order valence-electron chi connectivity index (χ0n) is 9.61. The number of hydrogen-bond acceptors (Lipinski definition) is 4. The van der Waals surface area contributed by atoms with E-state index in [2.05, 4.69) is 0 Å². The highest BCUT2D eigenvalue weighted by molar-refractivity contribution is 7.87. The molecule has 2 aromatic rings. The van der Waals surface area contributed by atoms with E-state index in [0.29, 0.717) is 0 Å². The Morgan fingerprint density at radius 2 is 1.56 bits per heavy atom. The molecule has 4 nitrogen and oxygen atoms in total. The van der Waals surface area contributed by atoms with E-state index in [-0.39, 0.29) is 17.2 Å². The zero-order chi connectivity index (χ0) is 13.0. The van der Waals surface area contributed by atoms with Crippen LogP contribution >= 0.6 is 0 Å². The molecule has 0 bridgehead atoms. The van der Waals surface area contributed by atoms with Crippen LogP contribution in [0.4, 0.5) is 5.69 Å². The summed E-state index contributed by atoms with van der Waals surface area (Å²) in [6, 6.07) is 15.3. The molecule has 18 heavy (non-hydrogen) atoms. The van der Waals surface area contributed by atoms with Crippen molar-refractivity contribution in [2.75, 3.05) is 5.73 Å². The smallest absolute Gasteiger partial charge is 0.299 e. The van der Waals surface area contributed by atoms with Crippen LogP contribution in [-0.2, 0) is 20.9 Å². The number of benzene rings is 2. The topological polar surface area (TPSA) is 69.4 Å². The van der Waals surface area contributed by atoms with Crippen molar-refractivity contribution in [3.63, 3.8) is 0 Å². The Hall–Kier alpha value is -1.85. The van der Waals surface area contributed by atoms with Gasteiger partial charge in [0.15, 0.2) is 0 Å². The highest BCUT2D eigenvalue weighted by Gasteiger charge is 2.17. The largest absolute Gasteiger partial charge is 0.398 e. The van der Waals surface area contributed by atoms with Gasteiger partial charge in [0.2, 0.25) is 0 Å². The van der Waals surface area contributed by atoms with Crippen molar-refractivity contribution in [1.29, 1.82) is 0 Å². The van der Waals surface area contributed by atoms with Gasteiger partial charge in [-0.1, -0.05) is 42.5 Å². The van der Waals surface area contributed by atoms with E-state index in [1.54, 1.807) is 24.3 Å². The average molecular weight is 263 g/mol. The molecule has 0 aliphatic heterocycles. The molecule has 94 valence electrons. The minimum absolute atomic E-state index is 0.000862. The van der Waals surface area contributed by atoms with Gasteiger partial charge in [0.05, 0.1) is 12.3 Å². The lowest BCUT2D eigenvalue weighted by atomic mass is 10.2. The molecule has 0 unspecified atom stereocenters. The van der Waals surface area contributed by atoms with E-state index in [1.807, 2.05) is 18.2 Å². The summed E-state index contributed by atoms with van der Waals surface area (Å²) in [5, 5.41) is 0. The Morgan fingerprint density at radius 3 is 2.22 bits per heavy atom. The number of anilines is 1. The van der Waals surface area contributed by atoms with Crippen LogP contribution < -0.4 is 5.73 Å². The predicted molar refractivity (Wildman–Crippen MR) is 69.3 cm³/mol. The molecular formula is C13H13NO3S. The van der Waals surface area contributed by atoms with Gasteiger partial charge in [0.1, 0.15) is 4.90 Å². The monoisotopic (exact) mass is 263 g/mol. The maximum Gasteiger partial charge on any atom is 0.299 e. The normalized spacial score (nSPS) is 11.3. The number of rotatable bonds is 4. The molecular weight excluding hydrogens is 250 g/mol. The molecule has 2 N–H and O–H groups in total. The quantitative estimate of drug-likeness (QED) is 0.678. The van der Waals surface area contributed by atoms with Gasteiger partial charge in [0.25, 0.3) is 10.1 Å². The first-order valence-electron chi connectivity index (χ1n) is 5.37. The standard InChI is InChI=1S/C13H13NO3S/c14-12-8-4-5-9-13(12)18(15,16)17-10-11-6-2-1-3-7-11/h1-9H,10,14H2. The first kappa shape index (κ1) is 12.6. The number of hydrogen-bond donors (Lipinski definition) is 1. The second-order valence-corrected chi connectivity index (χ2v) is 5.32. The molecule has 0 atom stereocenters. The Morgan fingerprint density at radius 1 is 0.944 bits per heavy atom. The number of nitrogens with two attached hydrogens (primary N) is 1. The highest BCUT2D eigenvalue weighted by atomic mass is 32.2. The van der Waals surface area contributed by atoms with Gasteiger partial charge >= 0.3 is 0 Å². The van der Waals surface area contributed by atoms with Crippen molar-refractivity contribution in [2.45, 2.75) is 11.5 Å². The van der Waals surface area contributed by atoms with E-state index in [1.165, 1.54) is 12.1 Å². The summed E-state index contributed by atoms with van der Waals surface area (Å²) >= 11 is 0. The van der Waals surface area contributed by atoms with Gasteiger partial charge in [0, 0.05) is 0 Å². The second-order valence-electron chi connectivity index (χ2n) is 3.74. The van der Waals surface area contributed by atoms with Crippen molar-refractivity contribution in [2.24, 2.45) is 0 Å². The van der Waals surface area contributed by atoms with Crippen molar-refractivity contribution < 1.29 is 12.6 Å². The van der Waals surface area contributed by atoms with Gasteiger partial charge in [-0.25, -0.2) is 0 Å². The molecule has 0 radical (unpaired) electrons. The maximum atomic E-state index is 11.9. The van der Waals surface area contributed by atoms with E-state index < -0.39 is 10.1 Å². The molecule has 0 amide bonds. The summed E-state index contributed by atoms with van der Waals surface area (Å²) in [4.78, 5) is 0.000862. The van der Waals surface area contributed by atoms with Crippen LogP contribution in [0.2, 0.25) is 0 Å². The van der Waals surface area contributed by atoms with Crippen molar-refractivity contribution in [1.82, 2.24) is 0 Å². The van der Waals surface area contributed by atoms with Gasteiger partial charge in [-0.3, -0.25) is 4.18 Å². The Kier molecular flexibility index (Phi) is 3.64. The fourth-order valence-electron chi connectivity index (χ4n) is 1.49. The Labute approximate surface area is 106 Å². The zero-order valence-corrected chi connectivity index (χ0v) is 10.4. The van der Waals surface area contributed by atoms with Gasteiger partial charge in [-0.05, 0) is 17.7 Å². The highest BCUT2D eigenvalue weighted by Crippen LogP contribution is 2.20. The van der Waals surface area contributed by atoms with Crippen LogP contribution in [-0.4, -0.2) is 8.42 Å². The maximum absolute atomic E-state index is 11.9. The molecule has 2 aromatic carbocycles. The lowest BCUT2D eigenvalue weighted by Crippen LogP contribution is -2.08. The fraction of sp³-hybridized carbons (Fsp3) is 0.0769. The number of para-hydroxylation sites is 1. The molecule has 5 heteroatoms. The first-order valence-corrected chi connectivity index (χ1v) is 6.78. The van der Waals surface area contributed by atoms with Crippen LogP contribution in [0.25, 0.3) is 0 Å². The van der Waals surface area contributed by atoms with Crippen molar-refractivity contribution in [3.8, 4) is 0 Å². The summed E-state index contributed by atoms with van der Waals surface area (Å²) < 4.78 is 28.8. The number of nitrogen functional groups attached to an aromatic ring is 1. The average Bonchev–Trinajstić information content (AvgIpc) is 2.38. The third-order valence-corrected chi connectivity index (χ3v) is 3.75. The lowest BCUT2D eigenvalue weighted by molar-refractivity contribution is 0.308. The SMILES string of the molecule is Nc1ccccc1S(=O)(=O)OCc1ccccc1. The molecule has 0 saturated carbocycles. The fourth-order valence-corrected chi connectivity index (χ4v) is 2.51. The predicted octanol–water partition coefficient (Wildman–Crippen LogP) is 2.17. The Balaban J connectivity index is 2.16. The first-order chi connectivity index (χ1) is 8.59. The summed E-state index contributed by atoms with van der Waals surface area (Å²) in [6.07, 6.45) is 0. The van der Waals surface area contributed by atoms with Crippen molar-refractivity contribution in [3.05, 3.63) is 60.2 Å². The van der Waals surface area contributed by atoms with Crippen LogP contribution in [0.15, 0.2) is 59.5 Å². The van der Waals surface area contributed by atoms with Crippen LogP contribution in [0.5, 0.6) is 0 Å². The minimum atomic E-state index is -3.81. The van der Waals surface area contributed by atoms with E-state index in [4.69, 9.17) is 9.92 Å². The summed E-state index contributed by atoms with van der Waals surface area (Å²) in [5.74, 6) is 0. The van der Waals surface area contributed by atoms with E-state index in [9.17, 15) is 8.42 Å². The Bertz CT molecular complexity index is 624. The minimum Gasteiger partial charge on any atom is -0.398 e.